The zero-order valence-electron chi connectivity index (χ0n) is 18.6. The van der Waals surface area contributed by atoms with E-state index in [0.717, 1.165) is 17.5 Å². The van der Waals surface area contributed by atoms with Gasteiger partial charge in [-0.05, 0) is 47.6 Å². The molecule has 1 aliphatic rings. The molecule has 1 aliphatic heterocycles. The first kappa shape index (κ1) is 24.0. The van der Waals surface area contributed by atoms with Crippen molar-refractivity contribution in [1.82, 2.24) is 0 Å². The molecule has 1 N–H and O–H groups in total. The fourth-order valence-corrected chi connectivity index (χ4v) is 4.54. The molecule has 2 aromatic rings. The highest BCUT2D eigenvalue weighted by molar-refractivity contribution is 6.31. The lowest BCUT2D eigenvalue weighted by Crippen LogP contribution is -2.46. The Balaban J connectivity index is 1.96. The van der Waals surface area contributed by atoms with E-state index < -0.39 is 17.1 Å². The minimum atomic E-state index is -0.621. The van der Waals surface area contributed by atoms with Crippen LogP contribution in [0.4, 0.5) is 5.69 Å². The van der Waals surface area contributed by atoms with Crippen LogP contribution in [0.3, 0.4) is 0 Å². The van der Waals surface area contributed by atoms with Gasteiger partial charge in [0.2, 0.25) is 0 Å². The topological polar surface area (TPSA) is 98.9 Å². The van der Waals surface area contributed by atoms with Crippen molar-refractivity contribution in [2.45, 2.75) is 58.8 Å². The molecule has 8 heteroatoms. The normalized spacial score (nSPS) is 25.3. The molecule has 3 rings (SSSR count). The van der Waals surface area contributed by atoms with Crippen molar-refractivity contribution in [2.75, 3.05) is 0 Å². The molecule has 0 aromatic heterocycles. The lowest BCUT2D eigenvalue weighted by Gasteiger charge is -2.44. The number of carbonyl (C=O) groups is 1. The third-order valence-corrected chi connectivity index (χ3v) is 6.66. The van der Waals surface area contributed by atoms with Crippen molar-refractivity contribution in [3.8, 4) is 5.75 Å². The van der Waals surface area contributed by atoms with E-state index in [4.69, 9.17) is 21.1 Å². The maximum atomic E-state index is 11.8. The van der Waals surface area contributed by atoms with Crippen molar-refractivity contribution < 1.29 is 24.3 Å². The molecular formula is C24H28ClNO6. The summed E-state index contributed by atoms with van der Waals surface area (Å²) in [5.74, 6) is -0.415. The molecule has 1 saturated heterocycles. The summed E-state index contributed by atoms with van der Waals surface area (Å²) in [7, 11) is 0. The Morgan fingerprint density at radius 2 is 1.94 bits per heavy atom. The number of rotatable bonds is 6. The molecule has 0 aliphatic carbocycles. The van der Waals surface area contributed by atoms with Crippen LogP contribution < -0.4 is 0 Å². The molecule has 1 fully saturated rings. The highest BCUT2D eigenvalue weighted by Gasteiger charge is 2.43. The van der Waals surface area contributed by atoms with E-state index in [1.165, 1.54) is 19.1 Å². The number of nitro benzene ring substituents is 1. The van der Waals surface area contributed by atoms with E-state index in [-0.39, 0.29) is 35.3 Å². The maximum Gasteiger partial charge on any atom is 0.310 e. The van der Waals surface area contributed by atoms with Gasteiger partial charge in [0.25, 0.3) is 0 Å². The molecule has 3 unspecified atom stereocenters. The van der Waals surface area contributed by atoms with E-state index in [0.29, 0.717) is 17.0 Å². The largest absolute Gasteiger partial charge is 0.502 e. The Hall–Kier alpha value is -2.64. The Kier molecular flexibility index (Phi) is 7.41. The summed E-state index contributed by atoms with van der Waals surface area (Å²) in [6.07, 6.45) is 0.323. The number of halogens is 1. The number of benzene rings is 2. The number of hydrogen-bond donors (Lipinski definition) is 1. The van der Waals surface area contributed by atoms with Crippen LogP contribution in [0.15, 0.2) is 36.4 Å². The fraction of sp³-hybridized carbons (Fsp3) is 0.458. The van der Waals surface area contributed by atoms with E-state index in [9.17, 15) is 20.0 Å². The number of esters is 1. The van der Waals surface area contributed by atoms with Crippen LogP contribution >= 0.6 is 11.6 Å². The van der Waals surface area contributed by atoms with Gasteiger partial charge >= 0.3 is 11.7 Å². The zero-order valence-corrected chi connectivity index (χ0v) is 19.3. The summed E-state index contributed by atoms with van der Waals surface area (Å²) in [6, 6.07) is 9.80. The molecule has 0 radical (unpaired) electrons. The zero-order chi connectivity index (χ0) is 23.6. The molecule has 32 heavy (non-hydrogen) atoms. The second-order valence-corrected chi connectivity index (χ2v) is 8.81. The number of carbonyl (C=O) groups excluding carboxylic acids is 1. The van der Waals surface area contributed by atoms with Crippen LogP contribution in [0.5, 0.6) is 5.75 Å². The van der Waals surface area contributed by atoms with E-state index in [1.807, 2.05) is 12.1 Å². The Morgan fingerprint density at radius 3 is 2.56 bits per heavy atom. The number of phenolic OH excluding ortho intramolecular Hbond substituents is 1. The summed E-state index contributed by atoms with van der Waals surface area (Å²) < 4.78 is 12.1. The fourth-order valence-electron chi connectivity index (χ4n) is 4.35. The number of nitro groups is 1. The van der Waals surface area contributed by atoms with Gasteiger partial charge < -0.3 is 14.6 Å². The van der Waals surface area contributed by atoms with Gasteiger partial charge in [-0.1, -0.05) is 50.6 Å². The first-order valence-electron chi connectivity index (χ1n) is 10.7. The summed E-state index contributed by atoms with van der Waals surface area (Å²) in [6.45, 7) is 7.65. The quantitative estimate of drug-likeness (QED) is 0.341. The molecule has 0 bridgehead atoms. The lowest BCUT2D eigenvalue weighted by atomic mass is 9.78. The van der Waals surface area contributed by atoms with Crippen LogP contribution in [0.25, 0.3) is 0 Å². The predicted octanol–water partition coefficient (Wildman–Crippen LogP) is 5.60. The SMILES string of the molecule is CC[C@H]1OC(c2ccc(Cl)c(Cc3ccc(O)c([N+](=O)[O-])c3)c2)C(OC(C)=O)[C@@H](C)C1C. The van der Waals surface area contributed by atoms with E-state index in [1.54, 1.807) is 12.1 Å². The number of aromatic hydroxyl groups is 1. The Bertz CT molecular complexity index is 1010. The first-order chi connectivity index (χ1) is 15.1. The van der Waals surface area contributed by atoms with Crippen molar-refractivity contribution >= 4 is 23.3 Å². The average Bonchev–Trinajstić information content (AvgIpc) is 2.74. The number of hydrogen-bond acceptors (Lipinski definition) is 6. The standard InChI is InChI=1S/C24H28ClNO6/c1-5-22-13(2)14(3)23(31-15(4)27)24(32-22)17-7-8-19(25)18(12-17)10-16-6-9-21(28)20(11-16)26(29)30/h6-9,11-14,22-24,28H,5,10H2,1-4H3/t13?,14-,22+,23?,24?/m0/s1. The second kappa shape index (κ2) is 9.88. The highest BCUT2D eigenvalue weighted by atomic mass is 35.5. The van der Waals surface area contributed by atoms with E-state index in [2.05, 4.69) is 20.8 Å². The summed E-state index contributed by atoms with van der Waals surface area (Å²) in [5, 5.41) is 21.4. The number of nitrogens with zero attached hydrogens (tertiary/aromatic N) is 1. The van der Waals surface area contributed by atoms with Crippen molar-refractivity contribution in [2.24, 2.45) is 11.8 Å². The first-order valence-corrected chi connectivity index (χ1v) is 11.1. The smallest absolute Gasteiger partial charge is 0.310 e. The average molecular weight is 462 g/mol. The Labute approximate surface area is 192 Å². The van der Waals surface area contributed by atoms with Crippen LogP contribution in [0.2, 0.25) is 5.02 Å². The van der Waals surface area contributed by atoms with Crippen LogP contribution in [-0.4, -0.2) is 28.2 Å². The number of ether oxygens (including phenoxy) is 2. The van der Waals surface area contributed by atoms with Gasteiger partial charge in [-0.15, -0.1) is 0 Å². The van der Waals surface area contributed by atoms with Crippen LogP contribution in [0.1, 0.15) is 56.9 Å². The number of phenols is 1. The molecule has 172 valence electrons. The van der Waals surface area contributed by atoms with Crippen molar-refractivity contribution in [1.29, 1.82) is 0 Å². The summed E-state index contributed by atoms with van der Waals surface area (Å²) in [5.41, 5.74) is 1.88. The predicted molar refractivity (Wildman–Crippen MR) is 121 cm³/mol. The van der Waals surface area contributed by atoms with Gasteiger partial charge in [-0.3, -0.25) is 14.9 Å². The summed E-state index contributed by atoms with van der Waals surface area (Å²) >= 11 is 6.44. The second-order valence-electron chi connectivity index (χ2n) is 8.40. The molecule has 0 amide bonds. The Morgan fingerprint density at radius 1 is 1.22 bits per heavy atom. The molecule has 0 saturated carbocycles. The van der Waals surface area contributed by atoms with Gasteiger partial charge in [0.1, 0.15) is 12.2 Å². The van der Waals surface area contributed by atoms with Gasteiger partial charge in [-0.25, -0.2) is 0 Å². The third-order valence-electron chi connectivity index (χ3n) is 6.29. The minimum absolute atomic E-state index is 0.0284. The van der Waals surface area contributed by atoms with Gasteiger partial charge in [0, 0.05) is 23.9 Å². The molecular weight excluding hydrogens is 434 g/mol. The van der Waals surface area contributed by atoms with E-state index >= 15 is 0 Å². The maximum absolute atomic E-state index is 11.8. The highest BCUT2D eigenvalue weighted by Crippen LogP contribution is 2.42. The van der Waals surface area contributed by atoms with Crippen LogP contribution in [-0.2, 0) is 20.7 Å². The van der Waals surface area contributed by atoms with Crippen molar-refractivity contribution in [3.63, 3.8) is 0 Å². The molecule has 5 atom stereocenters. The van der Waals surface area contributed by atoms with Gasteiger partial charge in [0.15, 0.2) is 5.75 Å². The summed E-state index contributed by atoms with van der Waals surface area (Å²) in [4.78, 5) is 22.3. The van der Waals surface area contributed by atoms with Crippen molar-refractivity contribution in [3.05, 3.63) is 68.2 Å². The van der Waals surface area contributed by atoms with Crippen LogP contribution in [0, 0.1) is 22.0 Å². The molecule has 2 aromatic carbocycles. The third kappa shape index (κ3) is 5.05. The lowest BCUT2D eigenvalue weighted by molar-refractivity contribution is -0.385. The molecule has 7 nitrogen and oxygen atoms in total. The van der Waals surface area contributed by atoms with Gasteiger partial charge in [0.05, 0.1) is 11.0 Å². The minimum Gasteiger partial charge on any atom is -0.502 e. The monoisotopic (exact) mass is 461 g/mol. The van der Waals surface area contributed by atoms with Gasteiger partial charge in [-0.2, -0.15) is 0 Å². The molecule has 0 spiro atoms. The molecule has 1 heterocycles.